The highest BCUT2D eigenvalue weighted by molar-refractivity contribution is 6.30. The van der Waals surface area contributed by atoms with E-state index in [1.807, 2.05) is 72.8 Å². The highest BCUT2D eigenvalue weighted by Crippen LogP contribution is 2.29. The molecule has 0 heterocycles. The predicted molar refractivity (Wildman–Crippen MR) is 92.1 cm³/mol. The van der Waals surface area contributed by atoms with Crippen molar-refractivity contribution in [1.82, 2.24) is 0 Å². The number of anilines is 1. The molecule has 0 aliphatic rings. The molecule has 0 aromatic heterocycles. The Morgan fingerprint density at radius 3 is 2.41 bits per heavy atom. The molecule has 0 fully saturated rings. The molecular weight excluding hydrogens is 294 g/mol. The summed E-state index contributed by atoms with van der Waals surface area (Å²) < 4.78 is 5.85. The van der Waals surface area contributed by atoms with Gasteiger partial charge >= 0.3 is 0 Å². The standard InChI is InChI=1S/C19H16ClNO/c20-17-8-4-7-15(9-17)16-10-18(21)12-19(11-16)22-13-14-5-2-1-3-6-14/h1-12H,13,21H2. The Labute approximate surface area is 135 Å². The van der Waals surface area contributed by atoms with E-state index in [2.05, 4.69) is 0 Å². The lowest BCUT2D eigenvalue weighted by atomic mass is 10.0. The fourth-order valence-corrected chi connectivity index (χ4v) is 2.47. The second kappa shape index (κ2) is 6.54. The number of hydrogen-bond acceptors (Lipinski definition) is 2. The van der Waals surface area contributed by atoms with Gasteiger partial charge in [0.2, 0.25) is 0 Å². The van der Waals surface area contributed by atoms with Crippen molar-refractivity contribution in [3.05, 3.63) is 83.4 Å². The lowest BCUT2D eigenvalue weighted by molar-refractivity contribution is 0.306. The Morgan fingerprint density at radius 1 is 0.818 bits per heavy atom. The van der Waals surface area contributed by atoms with Crippen LogP contribution in [-0.4, -0.2) is 0 Å². The van der Waals surface area contributed by atoms with E-state index in [1.54, 1.807) is 0 Å². The number of benzene rings is 3. The predicted octanol–water partition coefficient (Wildman–Crippen LogP) is 5.17. The van der Waals surface area contributed by atoms with Crippen LogP contribution >= 0.6 is 11.6 Å². The van der Waals surface area contributed by atoms with E-state index in [0.29, 0.717) is 17.3 Å². The molecule has 0 saturated heterocycles. The van der Waals surface area contributed by atoms with Crippen molar-refractivity contribution in [2.24, 2.45) is 0 Å². The summed E-state index contributed by atoms with van der Waals surface area (Å²) in [5.74, 6) is 0.749. The van der Waals surface area contributed by atoms with Gasteiger partial charge in [0.15, 0.2) is 0 Å². The minimum atomic E-state index is 0.513. The average molecular weight is 310 g/mol. The van der Waals surface area contributed by atoms with Crippen molar-refractivity contribution in [1.29, 1.82) is 0 Å². The third kappa shape index (κ3) is 3.60. The first-order valence-electron chi connectivity index (χ1n) is 7.04. The van der Waals surface area contributed by atoms with Crippen LogP contribution in [0.25, 0.3) is 11.1 Å². The largest absolute Gasteiger partial charge is 0.489 e. The summed E-state index contributed by atoms with van der Waals surface area (Å²) in [5, 5.41) is 0.701. The van der Waals surface area contributed by atoms with E-state index in [0.717, 1.165) is 22.4 Å². The van der Waals surface area contributed by atoms with Crippen LogP contribution in [0.5, 0.6) is 5.75 Å². The molecule has 3 aromatic carbocycles. The quantitative estimate of drug-likeness (QED) is 0.675. The molecule has 2 N–H and O–H groups in total. The van der Waals surface area contributed by atoms with Gasteiger partial charge in [-0.15, -0.1) is 0 Å². The van der Waals surface area contributed by atoms with Crippen LogP contribution in [0.2, 0.25) is 5.02 Å². The molecule has 3 aromatic rings. The van der Waals surface area contributed by atoms with Crippen LogP contribution in [-0.2, 0) is 6.61 Å². The van der Waals surface area contributed by atoms with Gasteiger partial charge < -0.3 is 10.5 Å². The monoisotopic (exact) mass is 309 g/mol. The zero-order chi connectivity index (χ0) is 15.4. The Bertz CT molecular complexity index is 771. The number of halogens is 1. The second-order valence-corrected chi connectivity index (χ2v) is 5.51. The summed E-state index contributed by atoms with van der Waals surface area (Å²) in [6.45, 7) is 0.513. The summed E-state index contributed by atoms with van der Waals surface area (Å²) in [7, 11) is 0. The lowest BCUT2D eigenvalue weighted by Gasteiger charge is -2.10. The van der Waals surface area contributed by atoms with Crippen molar-refractivity contribution in [3.8, 4) is 16.9 Å². The van der Waals surface area contributed by atoms with Gasteiger partial charge in [-0.1, -0.05) is 54.1 Å². The van der Waals surface area contributed by atoms with E-state index in [-0.39, 0.29) is 0 Å². The molecule has 0 aliphatic carbocycles. The first-order valence-corrected chi connectivity index (χ1v) is 7.42. The van der Waals surface area contributed by atoms with E-state index < -0.39 is 0 Å². The zero-order valence-corrected chi connectivity index (χ0v) is 12.8. The van der Waals surface area contributed by atoms with Gasteiger partial charge in [0.05, 0.1) is 0 Å². The number of nitrogens with two attached hydrogens (primary N) is 1. The molecule has 3 heteroatoms. The van der Waals surface area contributed by atoms with Gasteiger partial charge in [0.25, 0.3) is 0 Å². The third-order valence-electron chi connectivity index (χ3n) is 3.34. The van der Waals surface area contributed by atoms with Crippen LogP contribution in [0.15, 0.2) is 72.8 Å². The van der Waals surface area contributed by atoms with Gasteiger partial charge in [-0.25, -0.2) is 0 Å². The van der Waals surface area contributed by atoms with Crippen molar-refractivity contribution >= 4 is 17.3 Å². The van der Waals surface area contributed by atoms with E-state index >= 15 is 0 Å². The topological polar surface area (TPSA) is 35.2 Å². The molecule has 0 saturated carbocycles. The van der Waals surface area contributed by atoms with Gasteiger partial charge in [-0.3, -0.25) is 0 Å². The van der Waals surface area contributed by atoms with Gasteiger partial charge in [-0.05, 0) is 41.0 Å². The zero-order valence-electron chi connectivity index (χ0n) is 12.0. The minimum Gasteiger partial charge on any atom is -0.489 e. The molecular formula is C19H16ClNO. The molecule has 0 radical (unpaired) electrons. The highest BCUT2D eigenvalue weighted by atomic mass is 35.5. The summed E-state index contributed by atoms with van der Waals surface area (Å²) in [4.78, 5) is 0. The van der Waals surface area contributed by atoms with Gasteiger partial charge in [0.1, 0.15) is 12.4 Å². The van der Waals surface area contributed by atoms with E-state index in [9.17, 15) is 0 Å². The van der Waals surface area contributed by atoms with Gasteiger partial charge in [0, 0.05) is 16.8 Å². The minimum absolute atomic E-state index is 0.513. The molecule has 0 unspecified atom stereocenters. The summed E-state index contributed by atoms with van der Waals surface area (Å²) in [6.07, 6.45) is 0. The van der Waals surface area contributed by atoms with Crippen LogP contribution in [0.3, 0.4) is 0 Å². The number of rotatable bonds is 4. The van der Waals surface area contributed by atoms with Crippen LogP contribution in [0.4, 0.5) is 5.69 Å². The lowest BCUT2D eigenvalue weighted by Crippen LogP contribution is -1.96. The molecule has 2 nitrogen and oxygen atoms in total. The van der Waals surface area contributed by atoms with Crippen molar-refractivity contribution in [3.63, 3.8) is 0 Å². The molecule has 0 spiro atoms. The van der Waals surface area contributed by atoms with Crippen molar-refractivity contribution in [2.75, 3.05) is 5.73 Å². The third-order valence-corrected chi connectivity index (χ3v) is 3.57. The molecule has 0 atom stereocenters. The van der Waals surface area contributed by atoms with E-state index in [1.165, 1.54) is 0 Å². The van der Waals surface area contributed by atoms with Crippen LogP contribution in [0.1, 0.15) is 5.56 Å². The average Bonchev–Trinajstić information content (AvgIpc) is 2.53. The maximum atomic E-state index is 6.05. The second-order valence-electron chi connectivity index (χ2n) is 5.08. The maximum absolute atomic E-state index is 6.05. The molecule has 0 bridgehead atoms. The maximum Gasteiger partial charge on any atom is 0.122 e. The molecule has 0 aliphatic heterocycles. The fraction of sp³-hybridized carbons (Fsp3) is 0.0526. The number of ether oxygens (including phenoxy) is 1. The van der Waals surface area contributed by atoms with Crippen LogP contribution in [0, 0.1) is 0 Å². The summed E-state index contributed by atoms with van der Waals surface area (Å²) in [5.41, 5.74) is 9.79. The van der Waals surface area contributed by atoms with Gasteiger partial charge in [-0.2, -0.15) is 0 Å². The first kappa shape index (κ1) is 14.5. The Kier molecular flexibility index (Phi) is 4.31. The smallest absolute Gasteiger partial charge is 0.122 e. The first-order chi connectivity index (χ1) is 10.7. The highest BCUT2D eigenvalue weighted by Gasteiger charge is 2.04. The van der Waals surface area contributed by atoms with Crippen molar-refractivity contribution < 1.29 is 4.74 Å². The normalized spacial score (nSPS) is 10.4. The molecule has 22 heavy (non-hydrogen) atoms. The Hall–Kier alpha value is -2.45. The summed E-state index contributed by atoms with van der Waals surface area (Å²) >= 11 is 6.05. The Morgan fingerprint density at radius 2 is 1.64 bits per heavy atom. The SMILES string of the molecule is Nc1cc(OCc2ccccc2)cc(-c2cccc(Cl)c2)c1. The molecule has 3 rings (SSSR count). The van der Waals surface area contributed by atoms with E-state index in [4.69, 9.17) is 22.1 Å². The van der Waals surface area contributed by atoms with Crippen LogP contribution < -0.4 is 10.5 Å². The Balaban J connectivity index is 1.84. The molecule has 0 amide bonds. The summed E-state index contributed by atoms with van der Waals surface area (Å²) in [6, 6.07) is 23.5. The number of nitrogen functional groups attached to an aromatic ring is 1. The molecule has 110 valence electrons. The number of hydrogen-bond donors (Lipinski definition) is 1. The fourth-order valence-electron chi connectivity index (χ4n) is 2.28. The van der Waals surface area contributed by atoms with Crippen molar-refractivity contribution in [2.45, 2.75) is 6.61 Å².